The van der Waals surface area contributed by atoms with Crippen molar-refractivity contribution in [2.75, 3.05) is 0 Å². The molecule has 0 radical (unpaired) electrons. The maximum atomic E-state index is 11.2. The van der Waals surface area contributed by atoms with E-state index in [4.69, 9.17) is 0 Å². The molecule has 1 aliphatic heterocycles. The largest absolute Gasteiger partial charge is 0.289 e. The number of nitrogens with one attached hydrogen (secondary N) is 1. The fourth-order valence-corrected chi connectivity index (χ4v) is 1.51. The second-order valence-electron chi connectivity index (χ2n) is 3.07. The summed E-state index contributed by atoms with van der Waals surface area (Å²) in [6, 6.07) is 0. The fourth-order valence-electron chi connectivity index (χ4n) is 1.51. The van der Waals surface area contributed by atoms with Crippen LogP contribution in [0.2, 0.25) is 0 Å². The van der Waals surface area contributed by atoms with Gasteiger partial charge >= 0.3 is 0 Å². The molecule has 0 fully saturated rings. The van der Waals surface area contributed by atoms with Crippen LogP contribution in [0, 0.1) is 5.92 Å². The maximum absolute atomic E-state index is 11.2. The van der Waals surface area contributed by atoms with Gasteiger partial charge in [0.1, 0.15) is 0 Å². The van der Waals surface area contributed by atoms with Crippen LogP contribution in [0.5, 0.6) is 0 Å². The highest BCUT2D eigenvalue weighted by Crippen LogP contribution is 2.22. The topological polar surface area (TPSA) is 46.2 Å². The highest BCUT2D eigenvalue weighted by atomic mass is 16.2. The van der Waals surface area contributed by atoms with Gasteiger partial charge in [-0.2, -0.15) is 0 Å². The first-order valence-corrected chi connectivity index (χ1v) is 4.17. The summed E-state index contributed by atoms with van der Waals surface area (Å²) in [6.07, 6.45) is 9.93. The van der Waals surface area contributed by atoms with Gasteiger partial charge in [-0.15, -0.1) is 0 Å². The van der Waals surface area contributed by atoms with Gasteiger partial charge in [0.2, 0.25) is 0 Å². The Hall–Kier alpha value is -1.64. The Kier molecular flexibility index (Phi) is 1.85. The Balaban J connectivity index is 2.21. The molecule has 1 atom stereocenters. The van der Waals surface area contributed by atoms with Crippen molar-refractivity contribution in [1.82, 2.24) is 5.32 Å². The summed E-state index contributed by atoms with van der Waals surface area (Å²) >= 11 is 0. The van der Waals surface area contributed by atoms with Crippen LogP contribution in [0.1, 0.15) is 6.42 Å². The Morgan fingerprint density at radius 3 is 2.69 bits per heavy atom. The molecule has 13 heavy (non-hydrogen) atoms. The minimum atomic E-state index is -0.303. The smallest absolute Gasteiger partial charge is 0.254 e. The Morgan fingerprint density at radius 2 is 2.15 bits per heavy atom. The molecule has 1 heterocycles. The molecule has 3 nitrogen and oxygen atoms in total. The van der Waals surface area contributed by atoms with Gasteiger partial charge in [-0.25, -0.2) is 0 Å². The van der Waals surface area contributed by atoms with Gasteiger partial charge in [0.25, 0.3) is 11.8 Å². The molecule has 0 aromatic carbocycles. The third-order valence-corrected chi connectivity index (χ3v) is 2.17. The van der Waals surface area contributed by atoms with Crippen molar-refractivity contribution >= 4 is 11.8 Å². The first-order valence-electron chi connectivity index (χ1n) is 4.17. The summed E-state index contributed by atoms with van der Waals surface area (Å²) in [5, 5.41) is 2.24. The number of amides is 2. The normalized spacial score (nSPS) is 26.2. The van der Waals surface area contributed by atoms with E-state index < -0.39 is 0 Å². The zero-order chi connectivity index (χ0) is 9.26. The van der Waals surface area contributed by atoms with Crippen molar-refractivity contribution in [3.8, 4) is 0 Å². The number of carbonyl (C=O) groups is 2. The van der Waals surface area contributed by atoms with Gasteiger partial charge in [0, 0.05) is 17.6 Å². The van der Waals surface area contributed by atoms with Crippen molar-refractivity contribution in [2.24, 2.45) is 5.92 Å². The number of allylic oxidation sites excluding steroid dienone is 4. The van der Waals surface area contributed by atoms with Crippen LogP contribution in [0.3, 0.4) is 0 Å². The van der Waals surface area contributed by atoms with Gasteiger partial charge < -0.3 is 0 Å². The molecule has 0 spiro atoms. The predicted octanol–water partition coefficient (Wildman–Crippen LogP) is 0.701. The van der Waals surface area contributed by atoms with E-state index in [-0.39, 0.29) is 17.7 Å². The summed E-state index contributed by atoms with van der Waals surface area (Å²) in [7, 11) is 0. The molecule has 0 aromatic heterocycles. The maximum Gasteiger partial charge on any atom is 0.254 e. The molecule has 2 rings (SSSR count). The molecule has 66 valence electrons. The van der Waals surface area contributed by atoms with Crippen LogP contribution < -0.4 is 5.32 Å². The lowest BCUT2D eigenvalue weighted by Crippen LogP contribution is -2.24. The van der Waals surface area contributed by atoms with E-state index in [0.29, 0.717) is 5.57 Å². The van der Waals surface area contributed by atoms with E-state index >= 15 is 0 Å². The van der Waals surface area contributed by atoms with Gasteiger partial charge in [-0.3, -0.25) is 14.9 Å². The molecule has 1 N–H and O–H groups in total. The summed E-state index contributed by atoms with van der Waals surface area (Å²) in [4.78, 5) is 22.1. The third-order valence-electron chi connectivity index (χ3n) is 2.17. The minimum Gasteiger partial charge on any atom is -0.289 e. The molecule has 2 aliphatic rings. The molecule has 1 aliphatic carbocycles. The Morgan fingerprint density at radius 1 is 1.31 bits per heavy atom. The SMILES string of the molecule is O=C1C=C(C2C=CC=CC2)C(=O)N1. The zero-order valence-electron chi connectivity index (χ0n) is 6.99. The second kappa shape index (κ2) is 3.01. The summed E-state index contributed by atoms with van der Waals surface area (Å²) < 4.78 is 0. The Labute approximate surface area is 75.8 Å². The molecule has 0 saturated carbocycles. The van der Waals surface area contributed by atoms with Gasteiger partial charge in [0.05, 0.1) is 0 Å². The number of rotatable bonds is 1. The van der Waals surface area contributed by atoms with E-state index in [1.165, 1.54) is 6.08 Å². The average molecular weight is 175 g/mol. The summed E-state index contributed by atoms with van der Waals surface area (Å²) in [5.41, 5.74) is 0.575. The van der Waals surface area contributed by atoms with Crippen molar-refractivity contribution < 1.29 is 9.59 Å². The lowest BCUT2D eigenvalue weighted by atomic mass is 9.92. The highest BCUT2D eigenvalue weighted by molar-refractivity contribution is 6.16. The van der Waals surface area contributed by atoms with E-state index in [2.05, 4.69) is 5.32 Å². The van der Waals surface area contributed by atoms with Crippen LogP contribution >= 0.6 is 0 Å². The molecule has 2 amide bonds. The van der Waals surface area contributed by atoms with Crippen molar-refractivity contribution in [3.05, 3.63) is 36.0 Å². The number of hydrogen-bond donors (Lipinski definition) is 1. The standard InChI is InChI=1S/C10H9NO2/c12-9-6-8(10(13)11-9)7-4-2-1-3-5-7/h1-4,6-7H,5H2,(H,11,12,13). The van der Waals surface area contributed by atoms with Gasteiger partial charge in [-0.05, 0) is 6.42 Å². The second-order valence-corrected chi connectivity index (χ2v) is 3.07. The number of carbonyl (C=O) groups excluding carboxylic acids is 2. The lowest BCUT2D eigenvalue weighted by Gasteiger charge is -2.11. The molecular weight excluding hydrogens is 166 g/mol. The van der Waals surface area contributed by atoms with Gasteiger partial charge in [-0.1, -0.05) is 24.3 Å². The van der Waals surface area contributed by atoms with E-state index in [9.17, 15) is 9.59 Å². The number of imide groups is 1. The number of hydrogen-bond acceptors (Lipinski definition) is 2. The fraction of sp³-hybridized carbons (Fsp3) is 0.200. The van der Waals surface area contributed by atoms with Crippen molar-refractivity contribution in [2.45, 2.75) is 6.42 Å². The first kappa shape index (κ1) is 7.98. The molecule has 1 unspecified atom stereocenters. The van der Waals surface area contributed by atoms with Crippen molar-refractivity contribution in [1.29, 1.82) is 0 Å². The lowest BCUT2D eigenvalue weighted by molar-refractivity contribution is -0.124. The van der Waals surface area contributed by atoms with Crippen LogP contribution in [0.15, 0.2) is 36.0 Å². The minimum absolute atomic E-state index is 0.0662. The van der Waals surface area contributed by atoms with E-state index in [0.717, 1.165) is 6.42 Å². The molecule has 0 bridgehead atoms. The molecule has 3 heteroatoms. The zero-order valence-corrected chi connectivity index (χ0v) is 6.99. The summed E-state index contributed by atoms with van der Waals surface area (Å²) in [5.74, 6) is -0.491. The predicted molar refractivity (Wildman–Crippen MR) is 47.6 cm³/mol. The Bertz CT molecular complexity index is 350. The van der Waals surface area contributed by atoms with Crippen LogP contribution in [0.4, 0.5) is 0 Å². The molecule has 0 aromatic rings. The molecule has 0 saturated heterocycles. The van der Waals surface area contributed by atoms with E-state index in [1.807, 2.05) is 24.3 Å². The van der Waals surface area contributed by atoms with Crippen LogP contribution in [0.25, 0.3) is 0 Å². The molecular formula is C10H9NO2. The van der Waals surface area contributed by atoms with Crippen LogP contribution in [-0.2, 0) is 9.59 Å². The third kappa shape index (κ3) is 1.45. The first-order chi connectivity index (χ1) is 6.27. The van der Waals surface area contributed by atoms with Gasteiger partial charge in [0.15, 0.2) is 0 Å². The quantitative estimate of drug-likeness (QED) is 0.596. The highest BCUT2D eigenvalue weighted by Gasteiger charge is 2.26. The monoisotopic (exact) mass is 175 g/mol. The average Bonchev–Trinajstić information content (AvgIpc) is 2.47. The van der Waals surface area contributed by atoms with Crippen LogP contribution in [-0.4, -0.2) is 11.8 Å². The van der Waals surface area contributed by atoms with Crippen molar-refractivity contribution in [3.63, 3.8) is 0 Å². The van der Waals surface area contributed by atoms with E-state index in [1.54, 1.807) is 0 Å². The summed E-state index contributed by atoms with van der Waals surface area (Å²) in [6.45, 7) is 0.